The van der Waals surface area contributed by atoms with Gasteiger partial charge in [0, 0.05) is 0 Å². The number of aromatic carboxylic acids is 1. The van der Waals surface area contributed by atoms with Gasteiger partial charge < -0.3 is 10.8 Å². The summed E-state index contributed by atoms with van der Waals surface area (Å²) in [6, 6.07) is 15.2. The van der Waals surface area contributed by atoms with Gasteiger partial charge in [-0.2, -0.15) is 0 Å². The van der Waals surface area contributed by atoms with Gasteiger partial charge in [-0.05, 0) is 47.7 Å². The van der Waals surface area contributed by atoms with Gasteiger partial charge in [0.15, 0.2) is 0 Å². The third-order valence-electron chi connectivity index (χ3n) is 3.52. The molecular weight excluding hydrogens is 250 g/mol. The maximum atomic E-state index is 11.0. The molecule has 0 saturated carbocycles. The lowest BCUT2D eigenvalue weighted by Gasteiger charge is -2.11. The van der Waals surface area contributed by atoms with E-state index in [0.717, 1.165) is 17.5 Å². The lowest BCUT2D eigenvalue weighted by atomic mass is 9.95. The van der Waals surface area contributed by atoms with Gasteiger partial charge in [-0.15, -0.1) is 0 Å². The highest BCUT2D eigenvalue weighted by Crippen LogP contribution is 2.24. The summed E-state index contributed by atoms with van der Waals surface area (Å²) in [5.74, 6) is -0.459. The van der Waals surface area contributed by atoms with E-state index >= 15 is 0 Å². The first kappa shape index (κ1) is 14.3. The van der Waals surface area contributed by atoms with Crippen LogP contribution in [-0.4, -0.2) is 17.6 Å². The van der Waals surface area contributed by atoms with Crippen LogP contribution in [0, 0.1) is 0 Å². The fourth-order valence-corrected chi connectivity index (χ4v) is 2.25. The molecule has 3 heteroatoms. The van der Waals surface area contributed by atoms with E-state index in [4.69, 9.17) is 10.8 Å². The highest BCUT2D eigenvalue weighted by Gasteiger charge is 2.07. The summed E-state index contributed by atoms with van der Waals surface area (Å²) < 4.78 is 0. The molecule has 3 N–H and O–H groups in total. The summed E-state index contributed by atoms with van der Waals surface area (Å²) in [6.07, 6.45) is 0.966. The monoisotopic (exact) mass is 269 g/mol. The maximum Gasteiger partial charge on any atom is 0.335 e. The van der Waals surface area contributed by atoms with Gasteiger partial charge in [0.25, 0.3) is 0 Å². The lowest BCUT2D eigenvalue weighted by molar-refractivity contribution is 0.0697. The van der Waals surface area contributed by atoms with Gasteiger partial charge in [0.1, 0.15) is 0 Å². The van der Waals surface area contributed by atoms with Crippen molar-refractivity contribution in [3.8, 4) is 11.1 Å². The van der Waals surface area contributed by atoms with E-state index in [9.17, 15) is 4.79 Å². The maximum absolute atomic E-state index is 11.0. The average Bonchev–Trinajstić information content (AvgIpc) is 2.48. The normalized spacial score (nSPS) is 12.1. The molecule has 0 saturated heterocycles. The highest BCUT2D eigenvalue weighted by molar-refractivity contribution is 5.89. The number of hydrogen-bond acceptors (Lipinski definition) is 2. The van der Waals surface area contributed by atoms with Gasteiger partial charge in [0.2, 0.25) is 0 Å². The number of hydrogen-bond donors (Lipinski definition) is 2. The Balaban J connectivity index is 2.26. The second kappa shape index (κ2) is 6.35. The Morgan fingerprint density at radius 2 is 1.85 bits per heavy atom. The van der Waals surface area contributed by atoms with Crippen LogP contribution in [0.3, 0.4) is 0 Å². The number of benzene rings is 2. The molecule has 104 valence electrons. The van der Waals surface area contributed by atoms with Gasteiger partial charge >= 0.3 is 5.97 Å². The SMILES string of the molecule is CC(CCN)c1ccc(-c2cccc(C(=O)O)c2)cc1. The van der Waals surface area contributed by atoms with E-state index in [0.29, 0.717) is 18.0 Å². The van der Waals surface area contributed by atoms with Crippen LogP contribution in [0.1, 0.15) is 35.2 Å². The molecule has 3 nitrogen and oxygen atoms in total. The van der Waals surface area contributed by atoms with Crippen molar-refractivity contribution in [2.45, 2.75) is 19.3 Å². The van der Waals surface area contributed by atoms with Crippen LogP contribution in [0.2, 0.25) is 0 Å². The van der Waals surface area contributed by atoms with Crippen molar-refractivity contribution in [1.82, 2.24) is 0 Å². The minimum atomic E-state index is -0.903. The summed E-state index contributed by atoms with van der Waals surface area (Å²) in [7, 11) is 0. The van der Waals surface area contributed by atoms with Crippen LogP contribution in [0.15, 0.2) is 48.5 Å². The molecular formula is C17H19NO2. The van der Waals surface area contributed by atoms with Gasteiger partial charge in [0.05, 0.1) is 5.56 Å². The van der Waals surface area contributed by atoms with Crippen LogP contribution in [0.4, 0.5) is 0 Å². The lowest BCUT2D eigenvalue weighted by Crippen LogP contribution is -2.04. The number of nitrogens with two attached hydrogens (primary N) is 1. The number of carboxylic acid groups (broad SMARTS) is 1. The summed E-state index contributed by atoms with van der Waals surface area (Å²) >= 11 is 0. The predicted molar refractivity (Wildman–Crippen MR) is 80.9 cm³/mol. The summed E-state index contributed by atoms with van der Waals surface area (Å²) in [5.41, 5.74) is 9.09. The van der Waals surface area contributed by atoms with Crippen LogP contribution in [0.25, 0.3) is 11.1 Å². The molecule has 2 aromatic rings. The largest absolute Gasteiger partial charge is 0.478 e. The molecule has 1 atom stereocenters. The van der Waals surface area contributed by atoms with Gasteiger partial charge in [-0.1, -0.05) is 43.3 Å². The zero-order valence-corrected chi connectivity index (χ0v) is 11.5. The Morgan fingerprint density at radius 3 is 2.45 bits per heavy atom. The minimum absolute atomic E-state index is 0.308. The van der Waals surface area contributed by atoms with E-state index in [1.54, 1.807) is 18.2 Å². The number of carboxylic acids is 1. The number of rotatable bonds is 5. The second-order valence-corrected chi connectivity index (χ2v) is 4.99. The molecule has 0 aliphatic rings. The molecule has 0 aliphatic heterocycles. The van der Waals surface area contributed by atoms with Crippen molar-refractivity contribution in [1.29, 1.82) is 0 Å². The van der Waals surface area contributed by atoms with Crippen molar-refractivity contribution >= 4 is 5.97 Å². The van der Waals surface area contributed by atoms with Crippen molar-refractivity contribution in [2.75, 3.05) is 6.54 Å². The fraction of sp³-hybridized carbons (Fsp3) is 0.235. The first-order chi connectivity index (χ1) is 9.61. The molecule has 2 aromatic carbocycles. The van der Waals surface area contributed by atoms with E-state index in [1.807, 2.05) is 18.2 Å². The molecule has 0 aromatic heterocycles. The Kier molecular flexibility index (Phi) is 4.53. The summed E-state index contributed by atoms with van der Waals surface area (Å²) in [6.45, 7) is 2.84. The Morgan fingerprint density at radius 1 is 1.15 bits per heavy atom. The molecule has 0 spiro atoms. The fourth-order valence-electron chi connectivity index (χ4n) is 2.25. The number of carbonyl (C=O) groups is 1. The molecule has 0 amide bonds. The van der Waals surface area contributed by atoms with E-state index in [-0.39, 0.29) is 0 Å². The predicted octanol–water partition coefficient (Wildman–Crippen LogP) is 3.50. The first-order valence-electron chi connectivity index (χ1n) is 6.75. The smallest absolute Gasteiger partial charge is 0.335 e. The van der Waals surface area contributed by atoms with Gasteiger partial charge in [-0.3, -0.25) is 0 Å². The summed E-state index contributed by atoms with van der Waals surface area (Å²) in [5, 5.41) is 9.02. The quantitative estimate of drug-likeness (QED) is 0.873. The zero-order valence-electron chi connectivity index (χ0n) is 11.5. The van der Waals surface area contributed by atoms with Crippen molar-refractivity contribution < 1.29 is 9.90 Å². The van der Waals surface area contributed by atoms with Crippen LogP contribution in [0.5, 0.6) is 0 Å². The minimum Gasteiger partial charge on any atom is -0.478 e. The van der Waals surface area contributed by atoms with E-state index < -0.39 is 5.97 Å². The van der Waals surface area contributed by atoms with E-state index in [2.05, 4.69) is 19.1 Å². The Hall–Kier alpha value is -2.13. The zero-order chi connectivity index (χ0) is 14.5. The van der Waals surface area contributed by atoms with Crippen molar-refractivity contribution in [3.63, 3.8) is 0 Å². The topological polar surface area (TPSA) is 63.3 Å². The molecule has 0 bridgehead atoms. The third-order valence-corrected chi connectivity index (χ3v) is 3.52. The molecule has 20 heavy (non-hydrogen) atoms. The van der Waals surface area contributed by atoms with Crippen LogP contribution >= 0.6 is 0 Å². The van der Waals surface area contributed by atoms with Crippen molar-refractivity contribution in [3.05, 3.63) is 59.7 Å². The van der Waals surface area contributed by atoms with Crippen LogP contribution in [-0.2, 0) is 0 Å². The molecule has 2 rings (SSSR count). The third kappa shape index (κ3) is 3.25. The molecule has 1 unspecified atom stereocenters. The van der Waals surface area contributed by atoms with Crippen molar-refractivity contribution in [2.24, 2.45) is 5.73 Å². The highest BCUT2D eigenvalue weighted by atomic mass is 16.4. The molecule has 0 aliphatic carbocycles. The molecule has 0 fully saturated rings. The van der Waals surface area contributed by atoms with Gasteiger partial charge in [-0.25, -0.2) is 4.79 Å². The first-order valence-corrected chi connectivity index (χ1v) is 6.75. The Bertz CT molecular complexity index is 590. The van der Waals surface area contributed by atoms with E-state index in [1.165, 1.54) is 5.56 Å². The van der Waals surface area contributed by atoms with Crippen LogP contribution < -0.4 is 5.73 Å². The average molecular weight is 269 g/mol. The molecule has 0 heterocycles. The standard InChI is InChI=1S/C17H19NO2/c1-12(9-10-18)13-5-7-14(8-6-13)15-3-2-4-16(11-15)17(19)20/h2-8,11-12H,9-10,18H2,1H3,(H,19,20). The second-order valence-electron chi connectivity index (χ2n) is 4.99. The summed E-state index contributed by atoms with van der Waals surface area (Å²) in [4.78, 5) is 11.0. The Labute approximate surface area is 119 Å². The molecule has 0 radical (unpaired) electrons.